The zero-order valence-electron chi connectivity index (χ0n) is 10.1. The summed E-state index contributed by atoms with van der Waals surface area (Å²) in [6.45, 7) is -0.225. The van der Waals surface area contributed by atoms with Gasteiger partial charge in [0.1, 0.15) is 15.7 Å². The molecule has 19 heavy (non-hydrogen) atoms. The minimum absolute atomic E-state index is 0.178. The van der Waals surface area contributed by atoms with Gasteiger partial charge in [0, 0.05) is 22.8 Å². The molecule has 0 heterocycles. The van der Waals surface area contributed by atoms with Crippen LogP contribution < -0.4 is 4.72 Å². The van der Waals surface area contributed by atoms with Crippen LogP contribution in [0.15, 0.2) is 22.7 Å². The lowest BCUT2D eigenvalue weighted by Gasteiger charge is -2.07. The molecule has 9 heteroatoms. The van der Waals surface area contributed by atoms with E-state index in [4.69, 9.17) is 0 Å². The van der Waals surface area contributed by atoms with Crippen molar-refractivity contribution < 1.29 is 21.2 Å². The van der Waals surface area contributed by atoms with Gasteiger partial charge in [0.15, 0.2) is 0 Å². The third-order valence-corrected chi connectivity index (χ3v) is 5.24. The molecule has 0 fully saturated rings. The van der Waals surface area contributed by atoms with E-state index < -0.39 is 37.2 Å². The predicted octanol–water partition coefficient (Wildman–Crippen LogP) is 1.05. The van der Waals surface area contributed by atoms with E-state index in [1.54, 1.807) is 0 Å². The number of benzene rings is 1. The fourth-order valence-electron chi connectivity index (χ4n) is 1.20. The number of hydrogen-bond donors (Lipinski definition) is 1. The maximum absolute atomic E-state index is 13.4. The van der Waals surface area contributed by atoms with Crippen LogP contribution in [0.3, 0.4) is 0 Å². The Morgan fingerprint density at radius 2 is 1.84 bits per heavy atom. The van der Waals surface area contributed by atoms with Crippen molar-refractivity contribution in [2.45, 2.75) is 6.54 Å². The summed E-state index contributed by atoms with van der Waals surface area (Å²) < 4.78 is 61.0. The summed E-state index contributed by atoms with van der Waals surface area (Å²) in [5.41, 5.74) is 0.178. The lowest BCUT2D eigenvalue weighted by atomic mass is 10.2. The predicted molar refractivity (Wildman–Crippen MR) is 74.4 cm³/mol. The summed E-state index contributed by atoms with van der Waals surface area (Å²) in [7, 11) is -7.11. The van der Waals surface area contributed by atoms with Crippen molar-refractivity contribution in [3.63, 3.8) is 0 Å². The largest absolute Gasteiger partial charge is 0.229 e. The molecule has 0 unspecified atom stereocenters. The van der Waals surface area contributed by atoms with Crippen molar-refractivity contribution in [3.05, 3.63) is 34.1 Å². The third kappa shape index (κ3) is 6.46. The molecule has 1 aromatic rings. The second-order valence-corrected chi connectivity index (χ2v) is 9.11. The first-order chi connectivity index (χ1) is 8.59. The molecule has 0 aromatic heterocycles. The lowest BCUT2D eigenvalue weighted by Crippen LogP contribution is -2.29. The van der Waals surface area contributed by atoms with E-state index in [0.717, 1.165) is 6.26 Å². The Hall–Kier alpha value is -0.510. The summed E-state index contributed by atoms with van der Waals surface area (Å²) in [5.74, 6) is -1.54. The molecular weight excluding hydrogens is 361 g/mol. The first-order valence-electron chi connectivity index (χ1n) is 5.18. The van der Waals surface area contributed by atoms with Gasteiger partial charge >= 0.3 is 0 Å². The summed E-state index contributed by atoms with van der Waals surface area (Å²) in [4.78, 5) is 0. The molecule has 1 N–H and O–H groups in total. The molecule has 0 aliphatic carbocycles. The highest BCUT2D eigenvalue weighted by Crippen LogP contribution is 2.15. The molecule has 1 aromatic carbocycles. The van der Waals surface area contributed by atoms with Crippen LogP contribution in [-0.4, -0.2) is 34.6 Å². The van der Waals surface area contributed by atoms with E-state index in [-0.39, 0.29) is 12.1 Å². The lowest BCUT2D eigenvalue weighted by molar-refractivity contribution is 0.572. The molecule has 0 spiro atoms. The van der Waals surface area contributed by atoms with Crippen LogP contribution in [-0.2, 0) is 26.4 Å². The Morgan fingerprint density at radius 3 is 2.42 bits per heavy atom. The third-order valence-electron chi connectivity index (χ3n) is 2.21. The van der Waals surface area contributed by atoms with Crippen molar-refractivity contribution in [2.75, 3.05) is 17.8 Å². The average molecular weight is 374 g/mol. The molecule has 108 valence electrons. The Kier molecular flexibility index (Phi) is 5.48. The standard InChI is InChI=1S/C10H13BrFNO4S2/c1-18(14,15)4-5-19(16,17)13-7-8-6-9(11)2-3-10(8)12/h2-3,6,13H,4-5,7H2,1H3. The van der Waals surface area contributed by atoms with Gasteiger partial charge in [0.05, 0.1) is 11.5 Å². The van der Waals surface area contributed by atoms with E-state index in [9.17, 15) is 21.2 Å². The van der Waals surface area contributed by atoms with E-state index in [1.807, 2.05) is 0 Å². The number of nitrogens with one attached hydrogen (secondary N) is 1. The van der Waals surface area contributed by atoms with E-state index in [1.165, 1.54) is 18.2 Å². The first kappa shape index (κ1) is 16.5. The van der Waals surface area contributed by atoms with Crippen molar-refractivity contribution in [1.29, 1.82) is 0 Å². The zero-order chi connectivity index (χ0) is 14.7. The van der Waals surface area contributed by atoms with Crippen LogP contribution in [0.25, 0.3) is 0 Å². The van der Waals surface area contributed by atoms with Crippen molar-refractivity contribution in [3.8, 4) is 0 Å². The van der Waals surface area contributed by atoms with Gasteiger partial charge in [0.25, 0.3) is 0 Å². The number of halogens is 2. The van der Waals surface area contributed by atoms with Crippen molar-refractivity contribution >= 4 is 35.8 Å². The van der Waals surface area contributed by atoms with Crippen LogP contribution in [0.2, 0.25) is 0 Å². The van der Waals surface area contributed by atoms with Gasteiger partial charge in [-0.15, -0.1) is 0 Å². The smallest absolute Gasteiger partial charge is 0.212 e. The topological polar surface area (TPSA) is 80.3 Å². The second kappa shape index (κ2) is 6.29. The van der Waals surface area contributed by atoms with Crippen LogP contribution >= 0.6 is 15.9 Å². The van der Waals surface area contributed by atoms with Crippen LogP contribution in [0.1, 0.15) is 5.56 Å². The van der Waals surface area contributed by atoms with E-state index >= 15 is 0 Å². The van der Waals surface area contributed by atoms with E-state index in [2.05, 4.69) is 20.7 Å². The highest BCUT2D eigenvalue weighted by molar-refractivity contribution is 9.10. The van der Waals surface area contributed by atoms with Gasteiger partial charge < -0.3 is 0 Å². The number of sulfonamides is 1. The van der Waals surface area contributed by atoms with Gasteiger partial charge in [-0.3, -0.25) is 0 Å². The molecule has 0 aliphatic heterocycles. The molecule has 0 saturated heterocycles. The summed E-state index contributed by atoms with van der Waals surface area (Å²) in [6, 6.07) is 4.16. The molecule has 0 aliphatic rings. The fraction of sp³-hybridized carbons (Fsp3) is 0.400. The fourth-order valence-corrected chi connectivity index (χ4v) is 4.22. The molecule has 0 atom stereocenters. The van der Waals surface area contributed by atoms with Gasteiger partial charge in [-0.1, -0.05) is 15.9 Å². The highest BCUT2D eigenvalue weighted by atomic mass is 79.9. The molecule has 0 saturated carbocycles. The summed E-state index contributed by atoms with van der Waals surface area (Å²) in [6.07, 6.45) is 0.955. The van der Waals surface area contributed by atoms with Crippen LogP contribution in [0, 0.1) is 5.82 Å². The Balaban J connectivity index is 2.68. The Bertz CT molecular complexity index is 658. The molecule has 0 amide bonds. The van der Waals surface area contributed by atoms with Gasteiger partial charge in [0.2, 0.25) is 10.0 Å². The van der Waals surface area contributed by atoms with E-state index in [0.29, 0.717) is 4.47 Å². The number of hydrogen-bond acceptors (Lipinski definition) is 4. The van der Waals surface area contributed by atoms with Crippen molar-refractivity contribution in [2.24, 2.45) is 0 Å². The molecule has 1 rings (SSSR count). The van der Waals surface area contributed by atoms with Gasteiger partial charge in [-0.2, -0.15) is 0 Å². The van der Waals surface area contributed by atoms with Gasteiger partial charge in [-0.25, -0.2) is 25.9 Å². The Morgan fingerprint density at radius 1 is 1.21 bits per heavy atom. The molecule has 5 nitrogen and oxygen atoms in total. The van der Waals surface area contributed by atoms with Crippen molar-refractivity contribution in [1.82, 2.24) is 4.72 Å². The number of sulfone groups is 1. The van der Waals surface area contributed by atoms with Crippen LogP contribution in [0.5, 0.6) is 0 Å². The zero-order valence-corrected chi connectivity index (χ0v) is 13.3. The molecule has 0 bridgehead atoms. The van der Waals surface area contributed by atoms with Gasteiger partial charge in [-0.05, 0) is 18.2 Å². The molecule has 0 radical (unpaired) electrons. The monoisotopic (exact) mass is 373 g/mol. The maximum Gasteiger partial charge on any atom is 0.212 e. The molecular formula is C10H13BrFNO4S2. The first-order valence-corrected chi connectivity index (χ1v) is 9.69. The summed E-state index contributed by atoms with van der Waals surface area (Å²) in [5, 5.41) is 0. The maximum atomic E-state index is 13.4. The SMILES string of the molecule is CS(=O)(=O)CCS(=O)(=O)NCc1cc(Br)ccc1F. The minimum Gasteiger partial charge on any atom is -0.229 e. The summed E-state index contributed by atoms with van der Waals surface area (Å²) >= 11 is 3.15. The highest BCUT2D eigenvalue weighted by Gasteiger charge is 2.15. The average Bonchev–Trinajstić information content (AvgIpc) is 2.27. The number of rotatable bonds is 6. The Labute approximate surface area is 120 Å². The minimum atomic E-state index is -3.75. The second-order valence-electron chi connectivity index (χ2n) is 4.01. The normalized spacial score (nSPS) is 12.6. The quantitative estimate of drug-likeness (QED) is 0.807. The van der Waals surface area contributed by atoms with Crippen LogP contribution in [0.4, 0.5) is 4.39 Å².